The Hall–Kier alpha value is -2.39. The van der Waals surface area contributed by atoms with Gasteiger partial charge >= 0.3 is 0 Å². The Morgan fingerprint density at radius 3 is 2.67 bits per heavy atom. The number of benzene rings is 2. The predicted molar refractivity (Wildman–Crippen MR) is 85.5 cm³/mol. The largest absolute Gasteiger partial charge is 0.324 e. The number of carbonyl (C=O) groups is 1. The van der Waals surface area contributed by atoms with E-state index in [1.54, 1.807) is 18.3 Å². The summed E-state index contributed by atoms with van der Waals surface area (Å²) in [7, 11) is 0. The molecule has 2 aromatic carbocycles. The van der Waals surface area contributed by atoms with E-state index in [4.69, 9.17) is 11.6 Å². The van der Waals surface area contributed by atoms with Gasteiger partial charge in [-0.1, -0.05) is 41.9 Å². The molecule has 3 rings (SSSR count). The molecule has 0 radical (unpaired) electrons. The zero-order valence-electron chi connectivity index (χ0n) is 11.2. The van der Waals surface area contributed by atoms with Crippen molar-refractivity contribution in [1.82, 2.24) is 4.98 Å². The Morgan fingerprint density at radius 2 is 1.86 bits per heavy atom. The Labute approximate surface area is 127 Å². The quantitative estimate of drug-likeness (QED) is 0.791. The summed E-state index contributed by atoms with van der Waals surface area (Å²) in [6, 6.07) is 17.0. The van der Waals surface area contributed by atoms with Crippen molar-refractivity contribution in [2.75, 3.05) is 5.32 Å². The molecule has 1 heterocycles. The van der Waals surface area contributed by atoms with E-state index in [0.717, 1.165) is 16.5 Å². The summed E-state index contributed by atoms with van der Waals surface area (Å²) in [5.74, 6) is -0.0746. The lowest BCUT2D eigenvalue weighted by Gasteiger charge is -2.06. The summed E-state index contributed by atoms with van der Waals surface area (Å²) in [6.07, 6.45) is 1.98. The molecule has 0 bridgehead atoms. The number of fused-ring (bicyclic) bond motifs is 1. The third kappa shape index (κ3) is 3.38. The molecule has 0 unspecified atom stereocenters. The number of rotatable bonds is 3. The van der Waals surface area contributed by atoms with Gasteiger partial charge in [0.25, 0.3) is 0 Å². The second-order valence-corrected chi connectivity index (χ2v) is 5.20. The van der Waals surface area contributed by atoms with E-state index in [9.17, 15) is 4.79 Å². The van der Waals surface area contributed by atoms with E-state index in [0.29, 0.717) is 17.1 Å². The number of nitrogens with one attached hydrogen (secondary N) is 1. The van der Waals surface area contributed by atoms with Crippen LogP contribution in [0.15, 0.2) is 60.8 Å². The highest BCUT2D eigenvalue weighted by molar-refractivity contribution is 6.30. The zero-order valence-corrected chi connectivity index (χ0v) is 12.0. The number of para-hydroxylation sites is 1. The van der Waals surface area contributed by atoms with Gasteiger partial charge in [0, 0.05) is 10.4 Å². The highest BCUT2D eigenvalue weighted by atomic mass is 35.5. The SMILES string of the molecule is O=C(Cc1ccc(Cl)cc1)Nc1cnc2ccccc2c1. The first-order valence-corrected chi connectivity index (χ1v) is 6.97. The van der Waals surface area contributed by atoms with Gasteiger partial charge in [-0.15, -0.1) is 0 Å². The second-order valence-electron chi connectivity index (χ2n) is 4.77. The standard InChI is InChI=1S/C17H13ClN2O/c18-14-7-5-12(6-8-14)9-17(21)20-15-10-13-3-1-2-4-16(13)19-11-15/h1-8,10-11H,9H2,(H,20,21). The van der Waals surface area contributed by atoms with Crippen molar-refractivity contribution < 1.29 is 4.79 Å². The maximum absolute atomic E-state index is 12.0. The van der Waals surface area contributed by atoms with Crippen LogP contribution >= 0.6 is 11.6 Å². The molecule has 3 nitrogen and oxygen atoms in total. The van der Waals surface area contributed by atoms with Gasteiger partial charge in [-0.3, -0.25) is 9.78 Å². The highest BCUT2D eigenvalue weighted by Gasteiger charge is 2.05. The summed E-state index contributed by atoms with van der Waals surface area (Å²) >= 11 is 5.82. The van der Waals surface area contributed by atoms with E-state index < -0.39 is 0 Å². The number of nitrogens with zero attached hydrogens (tertiary/aromatic N) is 1. The van der Waals surface area contributed by atoms with Crippen LogP contribution in [0.3, 0.4) is 0 Å². The maximum Gasteiger partial charge on any atom is 0.228 e. The smallest absolute Gasteiger partial charge is 0.228 e. The number of halogens is 1. The lowest BCUT2D eigenvalue weighted by Crippen LogP contribution is -2.14. The van der Waals surface area contributed by atoms with E-state index in [1.165, 1.54) is 0 Å². The Bertz CT molecular complexity index is 784. The lowest BCUT2D eigenvalue weighted by molar-refractivity contribution is -0.115. The van der Waals surface area contributed by atoms with Crippen LogP contribution < -0.4 is 5.32 Å². The van der Waals surface area contributed by atoms with Crippen LogP contribution in [0, 0.1) is 0 Å². The van der Waals surface area contributed by atoms with Crippen molar-refractivity contribution >= 4 is 34.1 Å². The van der Waals surface area contributed by atoms with Gasteiger partial charge in [0.2, 0.25) is 5.91 Å². The number of pyridine rings is 1. The molecule has 1 N–H and O–H groups in total. The lowest BCUT2D eigenvalue weighted by atomic mass is 10.1. The van der Waals surface area contributed by atoms with E-state index in [2.05, 4.69) is 10.3 Å². The summed E-state index contributed by atoms with van der Waals surface area (Å²) in [5, 5.41) is 4.53. The molecular formula is C17H13ClN2O. The van der Waals surface area contributed by atoms with Crippen molar-refractivity contribution in [2.24, 2.45) is 0 Å². The molecule has 4 heteroatoms. The number of hydrogen-bond donors (Lipinski definition) is 1. The fraction of sp³-hybridized carbons (Fsp3) is 0.0588. The Kier molecular flexibility index (Phi) is 3.84. The van der Waals surface area contributed by atoms with E-state index in [1.807, 2.05) is 42.5 Å². The van der Waals surface area contributed by atoms with Gasteiger partial charge < -0.3 is 5.32 Å². The molecule has 104 valence electrons. The summed E-state index contributed by atoms with van der Waals surface area (Å²) < 4.78 is 0. The van der Waals surface area contributed by atoms with Crippen LogP contribution in [0.5, 0.6) is 0 Å². The topological polar surface area (TPSA) is 42.0 Å². The molecule has 0 spiro atoms. The number of amides is 1. The highest BCUT2D eigenvalue weighted by Crippen LogP contribution is 2.16. The molecule has 0 aliphatic carbocycles. The first kappa shape index (κ1) is 13.6. The zero-order chi connectivity index (χ0) is 14.7. The summed E-state index contributed by atoms with van der Waals surface area (Å²) in [4.78, 5) is 16.4. The summed E-state index contributed by atoms with van der Waals surface area (Å²) in [6.45, 7) is 0. The molecule has 0 saturated carbocycles. The molecule has 1 amide bonds. The van der Waals surface area contributed by atoms with Crippen molar-refractivity contribution in [3.05, 3.63) is 71.4 Å². The van der Waals surface area contributed by atoms with Crippen molar-refractivity contribution in [3.8, 4) is 0 Å². The molecule has 21 heavy (non-hydrogen) atoms. The fourth-order valence-electron chi connectivity index (χ4n) is 2.13. The van der Waals surface area contributed by atoms with Gasteiger partial charge in [-0.25, -0.2) is 0 Å². The molecule has 0 aliphatic rings. The fourth-order valence-corrected chi connectivity index (χ4v) is 2.26. The number of carbonyl (C=O) groups excluding carboxylic acids is 1. The number of anilines is 1. The van der Waals surface area contributed by atoms with Crippen LogP contribution in [-0.4, -0.2) is 10.9 Å². The molecule has 0 atom stereocenters. The minimum atomic E-state index is -0.0746. The maximum atomic E-state index is 12.0. The van der Waals surface area contributed by atoms with Crippen molar-refractivity contribution in [2.45, 2.75) is 6.42 Å². The van der Waals surface area contributed by atoms with Crippen LogP contribution in [-0.2, 0) is 11.2 Å². The van der Waals surface area contributed by atoms with Crippen LogP contribution in [0.25, 0.3) is 10.9 Å². The van der Waals surface area contributed by atoms with Gasteiger partial charge in [-0.2, -0.15) is 0 Å². The first-order valence-electron chi connectivity index (χ1n) is 6.60. The minimum absolute atomic E-state index is 0.0746. The van der Waals surface area contributed by atoms with E-state index in [-0.39, 0.29) is 5.91 Å². The van der Waals surface area contributed by atoms with Crippen molar-refractivity contribution in [3.63, 3.8) is 0 Å². The number of hydrogen-bond acceptors (Lipinski definition) is 2. The first-order chi connectivity index (χ1) is 10.2. The van der Waals surface area contributed by atoms with E-state index >= 15 is 0 Å². The van der Waals surface area contributed by atoms with Gasteiger partial charge in [0.1, 0.15) is 0 Å². The summed E-state index contributed by atoms with van der Waals surface area (Å²) in [5.41, 5.74) is 2.53. The van der Waals surface area contributed by atoms with Gasteiger partial charge in [0.15, 0.2) is 0 Å². The number of aromatic nitrogens is 1. The molecule has 3 aromatic rings. The van der Waals surface area contributed by atoms with Gasteiger partial charge in [-0.05, 0) is 29.8 Å². The van der Waals surface area contributed by atoms with Crippen LogP contribution in [0.4, 0.5) is 5.69 Å². The minimum Gasteiger partial charge on any atom is -0.324 e. The molecular weight excluding hydrogens is 284 g/mol. The average molecular weight is 297 g/mol. The Balaban J connectivity index is 1.72. The molecule has 0 fully saturated rings. The predicted octanol–water partition coefficient (Wildman–Crippen LogP) is 4.07. The third-order valence-corrected chi connectivity index (χ3v) is 3.40. The van der Waals surface area contributed by atoms with Crippen LogP contribution in [0.1, 0.15) is 5.56 Å². The Morgan fingerprint density at radius 1 is 1.10 bits per heavy atom. The molecule has 0 saturated heterocycles. The molecule has 1 aromatic heterocycles. The average Bonchev–Trinajstić information content (AvgIpc) is 2.49. The third-order valence-electron chi connectivity index (χ3n) is 3.15. The van der Waals surface area contributed by atoms with Crippen LogP contribution in [0.2, 0.25) is 5.02 Å². The monoisotopic (exact) mass is 296 g/mol. The molecule has 0 aliphatic heterocycles. The van der Waals surface area contributed by atoms with Gasteiger partial charge in [0.05, 0.1) is 23.8 Å². The normalized spacial score (nSPS) is 10.5. The second kappa shape index (κ2) is 5.94. The van der Waals surface area contributed by atoms with Crippen molar-refractivity contribution in [1.29, 1.82) is 0 Å².